The molecule has 25 heavy (non-hydrogen) atoms. The molecule has 0 radical (unpaired) electrons. The van der Waals surface area contributed by atoms with Crippen LogP contribution in [0.2, 0.25) is 0 Å². The Bertz CT molecular complexity index is 528. The van der Waals surface area contributed by atoms with Gasteiger partial charge in [0.25, 0.3) is 0 Å². The topological polar surface area (TPSA) is 61.4 Å². The second kappa shape index (κ2) is 10.2. The molecule has 1 aromatic rings. The molecule has 0 aromatic carbocycles. The third-order valence-corrected chi connectivity index (χ3v) is 4.99. The highest BCUT2D eigenvalue weighted by Crippen LogP contribution is 2.25. The smallest absolute Gasteiger partial charge is 0.222 e. The number of carbonyl (C=O) groups is 1. The first kappa shape index (κ1) is 19.5. The van der Waals surface area contributed by atoms with Gasteiger partial charge in [-0.25, -0.2) is 9.97 Å². The fourth-order valence-corrected chi connectivity index (χ4v) is 3.29. The van der Waals surface area contributed by atoms with Crippen molar-refractivity contribution in [3.63, 3.8) is 0 Å². The Labute approximate surface area is 152 Å². The van der Waals surface area contributed by atoms with Crippen LogP contribution in [-0.4, -0.2) is 54.0 Å². The number of anilines is 2. The lowest BCUT2D eigenvalue weighted by molar-refractivity contribution is -0.130. The van der Waals surface area contributed by atoms with E-state index in [2.05, 4.69) is 34.0 Å². The van der Waals surface area contributed by atoms with Gasteiger partial charge in [-0.2, -0.15) is 0 Å². The van der Waals surface area contributed by atoms with Crippen molar-refractivity contribution in [2.24, 2.45) is 5.92 Å². The van der Waals surface area contributed by atoms with E-state index in [0.717, 1.165) is 69.9 Å². The predicted octanol–water partition coefficient (Wildman–Crippen LogP) is 3.16. The third kappa shape index (κ3) is 6.18. The summed E-state index contributed by atoms with van der Waals surface area (Å²) in [6.45, 7) is 7.98. The zero-order valence-electron chi connectivity index (χ0n) is 16.0. The van der Waals surface area contributed by atoms with Crippen LogP contribution in [0.15, 0.2) is 12.4 Å². The standard InChI is InChI=1S/C19H33N5O/c1-4-6-11-23(3)19(25)8-7-16-9-12-24(13-10-16)18-14-17(20-5-2)21-15-22-18/h14-16H,4-13H2,1-3H3,(H,20,21,22). The van der Waals surface area contributed by atoms with Crippen LogP contribution in [0, 0.1) is 5.92 Å². The van der Waals surface area contributed by atoms with Crippen molar-refractivity contribution in [3.05, 3.63) is 12.4 Å². The number of amides is 1. The minimum absolute atomic E-state index is 0.293. The monoisotopic (exact) mass is 347 g/mol. The van der Waals surface area contributed by atoms with Crippen LogP contribution in [0.3, 0.4) is 0 Å². The maximum atomic E-state index is 12.2. The highest BCUT2D eigenvalue weighted by molar-refractivity contribution is 5.75. The van der Waals surface area contributed by atoms with Crippen LogP contribution in [0.5, 0.6) is 0 Å². The molecule has 2 heterocycles. The van der Waals surface area contributed by atoms with Crippen LogP contribution >= 0.6 is 0 Å². The summed E-state index contributed by atoms with van der Waals surface area (Å²) in [6, 6.07) is 2.02. The first-order valence-corrected chi connectivity index (χ1v) is 9.68. The van der Waals surface area contributed by atoms with Crippen molar-refractivity contribution in [3.8, 4) is 0 Å². The van der Waals surface area contributed by atoms with Gasteiger partial charge in [-0.1, -0.05) is 13.3 Å². The number of hydrogen-bond donors (Lipinski definition) is 1. The van der Waals surface area contributed by atoms with Gasteiger partial charge >= 0.3 is 0 Å². The van der Waals surface area contributed by atoms with Crippen LogP contribution in [-0.2, 0) is 4.79 Å². The molecule has 1 fully saturated rings. The molecule has 1 aliphatic rings. The Morgan fingerprint density at radius 1 is 1.32 bits per heavy atom. The van der Waals surface area contributed by atoms with Gasteiger partial charge in [0, 0.05) is 45.7 Å². The number of rotatable bonds is 9. The number of piperidine rings is 1. The molecular weight excluding hydrogens is 314 g/mol. The first-order chi connectivity index (χ1) is 12.1. The van der Waals surface area contributed by atoms with E-state index in [1.807, 2.05) is 18.0 Å². The summed E-state index contributed by atoms with van der Waals surface area (Å²) in [4.78, 5) is 25.0. The first-order valence-electron chi connectivity index (χ1n) is 9.68. The molecule has 0 spiro atoms. The molecular formula is C19H33N5O. The van der Waals surface area contributed by atoms with Crippen molar-refractivity contribution < 1.29 is 4.79 Å². The van der Waals surface area contributed by atoms with Crippen molar-refractivity contribution in [2.75, 3.05) is 43.4 Å². The van der Waals surface area contributed by atoms with E-state index in [9.17, 15) is 4.79 Å². The number of aromatic nitrogens is 2. The molecule has 1 N–H and O–H groups in total. The highest BCUT2D eigenvalue weighted by Gasteiger charge is 2.21. The van der Waals surface area contributed by atoms with Crippen LogP contribution in [0.25, 0.3) is 0 Å². The summed E-state index contributed by atoms with van der Waals surface area (Å²) in [5.41, 5.74) is 0. The van der Waals surface area contributed by atoms with E-state index in [1.165, 1.54) is 0 Å². The molecule has 1 aliphatic heterocycles. The molecule has 1 saturated heterocycles. The molecule has 140 valence electrons. The third-order valence-electron chi connectivity index (χ3n) is 4.99. The van der Waals surface area contributed by atoms with E-state index in [4.69, 9.17) is 0 Å². The summed E-state index contributed by atoms with van der Waals surface area (Å²) in [5.74, 6) is 2.83. The normalized spacial score (nSPS) is 15.2. The maximum Gasteiger partial charge on any atom is 0.222 e. The SMILES string of the molecule is CCCCN(C)C(=O)CCC1CCN(c2cc(NCC)ncn2)CC1. The minimum atomic E-state index is 0.293. The number of carbonyl (C=O) groups excluding carboxylic acids is 1. The Hall–Kier alpha value is -1.85. The predicted molar refractivity (Wildman–Crippen MR) is 103 cm³/mol. The zero-order chi connectivity index (χ0) is 18.1. The zero-order valence-corrected chi connectivity index (χ0v) is 16.0. The van der Waals surface area contributed by atoms with Crippen LogP contribution in [0.1, 0.15) is 52.4 Å². The van der Waals surface area contributed by atoms with E-state index in [1.54, 1.807) is 6.33 Å². The molecule has 6 nitrogen and oxygen atoms in total. The highest BCUT2D eigenvalue weighted by atomic mass is 16.2. The Morgan fingerprint density at radius 2 is 2.08 bits per heavy atom. The summed E-state index contributed by atoms with van der Waals surface area (Å²) >= 11 is 0. The van der Waals surface area contributed by atoms with Crippen molar-refractivity contribution in [2.45, 2.75) is 52.4 Å². The second-order valence-corrected chi connectivity index (χ2v) is 6.93. The largest absolute Gasteiger partial charge is 0.370 e. The van der Waals surface area contributed by atoms with E-state index < -0.39 is 0 Å². The Balaban J connectivity index is 1.74. The number of nitrogens with zero attached hydrogens (tertiary/aromatic N) is 4. The van der Waals surface area contributed by atoms with Gasteiger partial charge in [0.05, 0.1) is 0 Å². The molecule has 2 rings (SSSR count). The average molecular weight is 348 g/mol. The Kier molecular flexibility index (Phi) is 7.95. The fraction of sp³-hybridized carbons (Fsp3) is 0.737. The second-order valence-electron chi connectivity index (χ2n) is 6.93. The Morgan fingerprint density at radius 3 is 2.76 bits per heavy atom. The molecule has 0 unspecified atom stereocenters. The summed E-state index contributed by atoms with van der Waals surface area (Å²) in [5, 5.41) is 3.23. The quantitative estimate of drug-likeness (QED) is 0.743. The fourth-order valence-electron chi connectivity index (χ4n) is 3.29. The molecule has 0 bridgehead atoms. The van der Waals surface area contributed by atoms with E-state index in [0.29, 0.717) is 18.2 Å². The van der Waals surface area contributed by atoms with Gasteiger partial charge in [0.15, 0.2) is 0 Å². The lowest BCUT2D eigenvalue weighted by Crippen LogP contribution is -2.35. The molecule has 0 atom stereocenters. The van der Waals surface area contributed by atoms with Crippen molar-refractivity contribution >= 4 is 17.5 Å². The minimum Gasteiger partial charge on any atom is -0.370 e. The van der Waals surface area contributed by atoms with Gasteiger partial charge in [0.1, 0.15) is 18.0 Å². The van der Waals surface area contributed by atoms with Gasteiger partial charge in [-0.05, 0) is 38.5 Å². The summed E-state index contributed by atoms with van der Waals surface area (Å²) < 4.78 is 0. The number of unbranched alkanes of at least 4 members (excludes halogenated alkanes) is 1. The molecule has 0 aliphatic carbocycles. The van der Waals surface area contributed by atoms with Gasteiger partial charge in [-0.15, -0.1) is 0 Å². The van der Waals surface area contributed by atoms with Crippen molar-refractivity contribution in [1.82, 2.24) is 14.9 Å². The van der Waals surface area contributed by atoms with Gasteiger partial charge < -0.3 is 15.1 Å². The molecule has 0 saturated carbocycles. The van der Waals surface area contributed by atoms with Gasteiger partial charge in [-0.3, -0.25) is 4.79 Å². The lowest BCUT2D eigenvalue weighted by atomic mass is 9.92. The number of nitrogens with one attached hydrogen (secondary N) is 1. The molecule has 1 aromatic heterocycles. The maximum absolute atomic E-state index is 12.2. The average Bonchev–Trinajstić information content (AvgIpc) is 2.65. The summed E-state index contributed by atoms with van der Waals surface area (Å²) in [7, 11) is 1.93. The lowest BCUT2D eigenvalue weighted by Gasteiger charge is -2.33. The van der Waals surface area contributed by atoms with Crippen molar-refractivity contribution in [1.29, 1.82) is 0 Å². The van der Waals surface area contributed by atoms with E-state index in [-0.39, 0.29) is 0 Å². The van der Waals surface area contributed by atoms with E-state index >= 15 is 0 Å². The molecule has 6 heteroatoms. The van der Waals surface area contributed by atoms with Gasteiger partial charge in [0.2, 0.25) is 5.91 Å². The molecule has 1 amide bonds. The van der Waals surface area contributed by atoms with Crippen LogP contribution in [0.4, 0.5) is 11.6 Å². The number of hydrogen-bond acceptors (Lipinski definition) is 5. The van der Waals surface area contributed by atoms with Crippen LogP contribution < -0.4 is 10.2 Å². The summed E-state index contributed by atoms with van der Waals surface area (Å²) in [6.07, 6.45) is 7.81.